The number of anilines is 1. The van der Waals surface area contributed by atoms with Crippen molar-refractivity contribution in [3.05, 3.63) is 43.9 Å². The van der Waals surface area contributed by atoms with Gasteiger partial charge in [0.2, 0.25) is 5.91 Å². The van der Waals surface area contributed by atoms with Gasteiger partial charge in [-0.1, -0.05) is 6.07 Å². The molecular weight excluding hydrogens is 349 g/mol. The van der Waals surface area contributed by atoms with Gasteiger partial charge in [0.1, 0.15) is 5.01 Å². The SMILES string of the molecule is NC(=O)c1cccc(NCc2ncc(I)s2)c1. The average molecular weight is 359 g/mol. The molecule has 0 aliphatic heterocycles. The van der Waals surface area contributed by atoms with Gasteiger partial charge in [0.05, 0.1) is 15.6 Å². The number of thiazole rings is 1. The van der Waals surface area contributed by atoms with E-state index >= 15 is 0 Å². The molecule has 2 rings (SSSR count). The molecule has 17 heavy (non-hydrogen) atoms. The van der Waals surface area contributed by atoms with Gasteiger partial charge in [0.15, 0.2) is 0 Å². The van der Waals surface area contributed by atoms with Crippen molar-refractivity contribution in [1.29, 1.82) is 0 Å². The minimum atomic E-state index is -0.419. The molecule has 1 heterocycles. The van der Waals surface area contributed by atoms with Crippen LogP contribution in [0, 0.1) is 2.88 Å². The number of carbonyl (C=O) groups is 1. The van der Waals surface area contributed by atoms with E-state index in [0.29, 0.717) is 12.1 Å². The number of hydrogen-bond donors (Lipinski definition) is 2. The van der Waals surface area contributed by atoms with Crippen molar-refractivity contribution >= 4 is 45.5 Å². The number of hydrogen-bond acceptors (Lipinski definition) is 4. The number of amides is 1. The van der Waals surface area contributed by atoms with Crippen LogP contribution in [-0.4, -0.2) is 10.9 Å². The summed E-state index contributed by atoms with van der Waals surface area (Å²) in [6, 6.07) is 7.12. The molecule has 1 aromatic carbocycles. The fourth-order valence-corrected chi connectivity index (χ4v) is 2.81. The van der Waals surface area contributed by atoms with Crippen molar-refractivity contribution in [3.63, 3.8) is 0 Å². The lowest BCUT2D eigenvalue weighted by atomic mass is 10.2. The second-order valence-electron chi connectivity index (χ2n) is 3.36. The quantitative estimate of drug-likeness (QED) is 0.825. The van der Waals surface area contributed by atoms with E-state index in [0.717, 1.165) is 13.6 Å². The third-order valence-electron chi connectivity index (χ3n) is 2.12. The van der Waals surface area contributed by atoms with E-state index in [1.54, 1.807) is 29.5 Å². The predicted molar refractivity (Wildman–Crippen MR) is 77.1 cm³/mol. The number of nitrogens with two attached hydrogens (primary N) is 1. The molecule has 0 unspecified atom stereocenters. The van der Waals surface area contributed by atoms with Gasteiger partial charge in [-0.05, 0) is 40.8 Å². The normalized spacial score (nSPS) is 10.2. The highest BCUT2D eigenvalue weighted by Crippen LogP contribution is 2.17. The molecule has 0 saturated heterocycles. The Hall–Kier alpha value is -1.15. The van der Waals surface area contributed by atoms with Crippen LogP contribution in [-0.2, 0) is 6.54 Å². The molecule has 0 aliphatic carbocycles. The van der Waals surface area contributed by atoms with Crippen molar-refractivity contribution < 1.29 is 4.79 Å². The second-order valence-corrected chi connectivity index (χ2v) is 6.37. The van der Waals surface area contributed by atoms with Crippen molar-refractivity contribution in [1.82, 2.24) is 4.98 Å². The molecule has 0 saturated carbocycles. The van der Waals surface area contributed by atoms with Gasteiger partial charge in [-0.3, -0.25) is 4.79 Å². The topological polar surface area (TPSA) is 68.0 Å². The molecule has 88 valence electrons. The maximum Gasteiger partial charge on any atom is 0.248 e. The van der Waals surface area contributed by atoms with Gasteiger partial charge in [0, 0.05) is 11.3 Å². The first-order valence-corrected chi connectivity index (χ1v) is 6.78. The summed E-state index contributed by atoms with van der Waals surface area (Å²) in [6.07, 6.45) is 1.84. The molecule has 0 fully saturated rings. The molecule has 0 radical (unpaired) electrons. The number of nitrogens with zero attached hydrogens (tertiary/aromatic N) is 1. The molecule has 6 heteroatoms. The Labute approximate surface area is 116 Å². The maximum atomic E-state index is 11.0. The Morgan fingerprint density at radius 3 is 3.00 bits per heavy atom. The summed E-state index contributed by atoms with van der Waals surface area (Å²) in [6.45, 7) is 0.649. The minimum Gasteiger partial charge on any atom is -0.379 e. The second kappa shape index (κ2) is 5.46. The zero-order valence-corrected chi connectivity index (χ0v) is 11.8. The summed E-state index contributed by atoms with van der Waals surface area (Å²) in [5.41, 5.74) is 6.59. The predicted octanol–water partition coefficient (Wildman–Crippen LogP) is 2.46. The third-order valence-corrected chi connectivity index (χ3v) is 3.84. The summed E-state index contributed by atoms with van der Waals surface area (Å²) in [5.74, 6) is -0.419. The van der Waals surface area contributed by atoms with E-state index in [1.165, 1.54) is 0 Å². The molecule has 2 aromatic rings. The van der Waals surface area contributed by atoms with E-state index in [2.05, 4.69) is 32.9 Å². The van der Waals surface area contributed by atoms with E-state index in [9.17, 15) is 4.79 Å². The number of primary amides is 1. The first-order valence-electron chi connectivity index (χ1n) is 4.89. The van der Waals surface area contributed by atoms with Crippen LogP contribution in [0.15, 0.2) is 30.5 Å². The van der Waals surface area contributed by atoms with Crippen LogP contribution in [0.5, 0.6) is 0 Å². The molecular formula is C11H10IN3OS. The number of rotatable bonds is 4. The molecule has 4 nitrogen and oxygen atoms in total. The summed E-state index contributed by atoms with van der Waals surface area (Å²) in [4.78, 5) is 15.3. The zero-order chi connectivity index (χ0) is 12.3. The summed E-state index contributed by atoms with van der Waals surface area (Å²) in [5, 5.41) is 4.22. The van der Waals surface area contributed by atoms with Crippen LogP contribution in [0.4, 0.5) is 5.69 Å². The van der Waals surface area contributed by atoms with Gasteiger partial charge in [-0.15, -0.1) is 11.3 Å². The Morgan fingerprint density at radius 2 is 2.35 bits per heavy atom. The van der Waals surface area contributed by atoms with Crippen molar-refractivity contribution in [2.45, 2.75) is 6.54 Å². The first kappa shape index (κ1) is 12.3. The van der Waals surface area contributed by atoms with Gasteiger partial charge < -0.3 is 11.1 Å². The molecule has 1 aromatic heterocycles. The number of halogens is 1. The molecule has 0 aliphatic rings. The summed E-state index contributed by atoms with van der Waals surface area (Å²) < 4.78 is 1.16. The molecule has 0 atom stereocenters. The number of nitrogens with one attached hydrogen (secondary N) is 1. The van der Waals surface area contributed by atoms with Gasteiger partial charge in [-0.2, -0.15) is 0 Å². The largest absolute Gasteiger partial charge is 0.379 e. The van der Waals surface area contributed by atoms with Crippen molar-refractivity contribution in [3.8, 4) is 0 Å². The standard InChI is InChI=1S/C11H10IN3OS/c12-9-5-15-10(17-9)6-14-8-3-1-2-7(4-8)11(13)16/h1-5,14H,6H2,(H2,13,16). The summed E-state index contributed by atoms with van der Waals surface area (Å²) in [7, 11) is 0. The highest BCUT2D eigenvalue weighted by molar-refractivity contribution is 14.1. The third kappa shape index (κ3) is 3.40. The highest BCUT2D eigenvalue weighted by atomic mass is 127. The van der Waals surface area contributed by atoms with Crippen LogP contribution >= 0.6 is 33.9 Å². The average Bonchev–Trinajstić information content (AvgIpc) is 2.73. The molecule has 3 N–H and O–H groups in total. The van der Waals surface area contributed by atoms with Gasteiger partial charge >= 0.3 is 0 Å². The van der Waals surface area contributed by atoms with E-state index in [1.807, 2.05) is 12.3 Å². The van der Waals surface area contributed by atoms with Crippen LogP contribution in [0.1, 0.15) is 15.4 Å². The van der Waals surface area contributed by atoms with Crippen molar-refractivity contribution in [2.24, 2.45) is 5.73 Å². The van der Waals surface area contributed by atoms with E-state index < -0.39 is 5.91 Å². The van der Waals surface area contributed by atoms with E-state index in [4.69, 9.17) is 5.73 Å². The maximum absolute atomic E-state index is 11.0. The lowest BCUT2D eigenvalue weighted by Gasteiger charge is -2.05. The smallest absolute Gasteiger partial charge is 0.248 e. The monoisotopic (exact) mass is 359 g/mol. The number of carbonyl (C=O) groups excluding carboxylic acids is 1. The molecule has 0 bridgehead atoms. The molecule has 0 spiro atoms. The lowest BCUT2D eigenvalue weighted by molar-refractivity contribution is 0.100. The highest BCUT2D eigenvalue weighted by Gasteiger charge is 2.02. The Morgan fingerprint density at radius 1 is 1.53 bits per heavy atom. The van der Waals surface area contributed by atoms with Crippen LogP contribution in [0.3, 0.4) is 0 Å². The Bertz CT molecular complexity index is 541. The Balaban J connectivity index is 2.04. The van der Waals surface area contributed by atoms with Crippen LogP contribution in [0.25, 0.3) is 0 Å². The molecule has 1 amide bonds. The lowest BCUT2D eigenvalue weighted by Crippen LogP contribution is -2.11. The van der Waals surface area contributed by atoms with Gasteiger partial charge in [-0.25, -0.2) is 4.98 Å². The van der Waals surface area contributed by atoms with Gasteiger partial charge in [0.25, 0.3) is 0 Å². The fraction of sp³-hybridized carbons (Fsp3) is 0.0909. The Kier molecular flexibility index (Phi) is 3.95. The zero-order valence-electron chi connectivity index (χ0n) is 8.81. The first-order chi connectivity index (χ1) is 8.15. The van der Waals surface area contributed by atoms with Crippen LogP contribution in [0.2, 0.25) is 0 Å². The fourth-order valence-electron chi connectivity index (χ4n) is 1.33. The van der Waals surface area contributed by atoms with Crippen molar-refractivity contribution in [2.75, 3.05) is 5.32 Å². The van der Waals surface area contributed by atoms with Crippen LogP contribution < -0.4 is 11.1 Å². The van der Waals surface area contributed by atoms with E-state index in [-0.39, 0.29) is 0 Å². The summed E-state index contributed by atoms with van der Waals surface area (Å²) >= 11 is 3.87. The number of aromatic nitrogens is 1. The minimum absolute atomic E-state index is 0.419. The number of benzene rings is 1.